The smallest absolute Gasteiger partial charge is 0.265 e. The summed E-state index contributed by atoms with van der Waals surface area (Å²) in [6, 6.07) is 17.7. The molecule has 248 valence electrons. The van der Waals surface area contributed by atoms with Crippen LogP contribution in [0.25, 0.3) is 0 Å². The summed E-state index contributed by atoms with van der Waals surface area (Å²) >= 11 is 0. The van der Waals surface area contributed by atoms with E-state index in [1.807, 2.05) is 69.3 Å². The fourth-order valence-electron chi connectivity index (χ4n) is 5.61. The van der Waals surface area contributed by atoms with Crippen LogP contribution in [0.5, 0.6) is 11.5 Å². The van der Waals surface area contributed by atoms with Gasteiger partial charge in [0.15, 0.2) is 17.9 Å². The van der Waals surface area contributed by atoms with Crippen LogP contribution in [0.3, 0.4) is 0 Å². The summed E-state index contributed by atoms with van der Waals surface area (Å²) in [6.45, 7) is 8.70. The van der Waals surface area contributed by atoms with Gasteiger partial charge in [-0.25, -0.2) is 0 Å². The summed E-state index contributed by atoms with van der Waals surface area (Å²) in [5, 5.41) is 5.43. The SMILES string of the molecule is CCOC1C(=O)N(C(C(C)=O)C(=O)Nc2cc(NC(=O)C(CC)Oc3ccc(C)cc3C)ccc2OC)C(=O)C1Cc1ccccc1. The number of aryl methyl sites for hydroxylation is 2. The lowest BCUT2D eigenvalue weighted by molar-refractivity contribution is -0.151. The Bertz CT molecular complexity index is 1640. The van der Waals surface area contributed by atoms with Crippen LogP contribution in [0.15, 0.2) is 66.7 Å². The second-order valence-electron chi connectivity index (χ2n) is 11.4. The number of nitrogens with zero attached hydrogens (tertiary/aromatic N) is 1. The molecule has 1 fully saturated rings. The lowest BCUT2D eigenvalue weighted by Crippen LogP contribution is -2.52. The van der Waals surface area contributed by atoms with Crippen LogP contribution < -0.4 is 20.1 Å². The summed E-state index contributed by atoms with van der Waals surface area (Å²) in [7, 11) is 1.39. The Morgan fingerprint density at radius 3 is 2.19 bits per heavy atom. The van der Waals surface area contributed by atoms with Crippen LogP contribution in [0.1, 0.15) is 43.9 Å². The van der Waals surface area contributed by atoms with E-state index in [0.29, 0.717) is 22.8 Å². The van der Waals surface area contributed by atoms with Gasteiger partial charge in [-0.1, -0.05) is 55.0 Å². The van der Waals surface area contributed by atoms with E-state index in [1.165, 1.54) is 19.2 Å². The topological polar surface area (TPSA) is 140 Å². The highest BCUT2D eigenvalue weighted by Crippen LogP contribution is 2.32. The zero-order chi connectivity index (χ0) is 34.2. The van der Waals surface area contributed by atoms with Crippen molar-refractivity contribution in [2.45, 2.75) is 65.7 Å². The summed E-state index contributed by atoms with van der Waals surface area (Å²) in [6.07, 6.45) is -1.35. The number of nitrogens with one attached hydrogen (secondary N) is 2. The monoisotopic (exact) mass is 643 g/mol. The molecule has 0 radical (unpaired) electrons. The van der Waals surface area contributed by atoms with Crippen LogP contribution in [0, 0.1) is 19.8 Å². The van der Waals surface area contributed by atoms with Crippen molar-refractivity contribution in [3.8, 4) is 11.5 Å². The fourth-order valence-corrected chi connectivity index (χ4v) is 5.61. The van der Waals surface area contributed by atoms with Gasteiger partial charge in [-0.3, -0.25) is 28.9 Å². The number of benzene rings is 3. The molecule has 0 aromatic heterocycles. The zero-order valence-electron chi connectivity index (χ0n) is 27.5. The predicted molar refractivity (Wildman–Crippen MR) is 176 cm³/mol. The molecule has 3 aromatic carbocycles. The van der Waals surface area contributed by atoms with Gasteiger partial charge in [0.25, 0.3) is 17.7 Å². The van der Waals surface area contributed by atoms with E-state index in [1.54, 1.807) is 13.0 Å². The number of amides is 4. The van der Waals surface area contributed by atoms with Crippen LogP contribution >= 0.6 is 0 Å². The molecule has 47 heavy (non-hydrogen) atoms. The molecule has 0 bridgehead atoms. The molecule has 4 amide bonds. The van der Waals surface area contributed by atoms with E-state index in [0.717, 1.165) is 23.6 Å². The molecule has 4 unspecified atom stereocenters. The van der Waals surface area contributed by atoms with Gasteiger partial charge in [0, 0.05) is 12.3 Å². The molecular weight excluding hydrogens is 602 g/mol. The number of methoxy groups -OCH3 is 1. The van der Waals surface area contributed by atoms with Gasteiger partial charge in [-0.05, 0) is 75.9 Å². The van der Waals surface area contributed by atoms with Crippen LogP contribution in [-0.2, 0) is 35.1 Å². The number of hydrogen-bond acceptors (Lipinski definition) is 8. The van der Waals surface area contributed by atoms with Crippen molar-refractivity contribution in [1.82, 2.24) is 4.90 Å². The molecule has 11 heteroatoms. The van der Waals surface area contributed by atoms with E-state index in [9.17, 15) is 24.0 Å². The number of ether oxygens (including phenoxy) is 3. The minimum atomic E-state index is -1.75. The van der Waals surface area contributed by atoms with E-state index in [2.05, 4.69) is 10.6 Å². The second kappa shape index (κ2) is 15.5. The summed E-state index contributed by atoms with van der Waals surface area (Å²) in [5.41, 5.74) is 3.22. The van der Waals surface area contributed by atoms with Crippen LogP contribution in [0.4, 0.5) is 11.4 Å². The number of hydrogen-bond donors (Lipinski definition) is 2. The first-order valence-electron chi connectivity index (χ1n) is 15.6. The predicted octanol–water partition coefficient (Wildman–Crippen LogP) is 4.64. The van der Waals surface area contributed by atoms with Gasteiger partial charge in [-0.2, -0.15) is 0 Å². The summed E-state index contributed by atoms with van der Waals surface area (Å²) in [5.74, 6) is -3.55. The molecule has 2 N–H and O–H groups in total. The number of carbonyl (C=O) groups is 5. The van der Waals surface area contributed by atoms with Crippen molar-refractivity contribution in [1.29, 1.82) is 0 Å². The third-order valence-electron chi connectivity index (χ3n) is 7.92. The average Bonchev–Trinajstić information content (AvgIpc) is 3.25. The molecule has 0 spiro atoms. The number of ketones is 1. The van der Waals surface area contributed by atoms with Crippen molar-refractivity contribution in [2.75, 3.05) is 24.4 Å². The maximum Gasteiger partial charge on any atom is 0.265 e. The van der Waals surface area contributed by atoms with Gasteiger partial charge < -0.3 is 24.8 Å². The highest BCUT2D eigenvalue weighted by molar-refractivity contribution is 6.19. The van der Waals surface area contributed by atoms with Crippen molar-refractivity contribution in [3.63, 3.8) is 0 Å². The van der Waals surface area contributed by atoms with E-state index in [4.69, 9.17) is 14.2 Å². The molecule has 4 rings (SSSR count). The first kappa shape index (κ1) is 34.8. The summed E-state index contributed by atoms with van der Waals surface area (Å²) in [4.78, 5) is 67.7. The average molecular weight is 644 g/mol. The first-order valence-corrected chi connectivity index (χ1v) is 15.6. The second-order valence-corrected chi connectivity index (χ2v) is 11.4. The van der Waals surface area contributed by atoms with E-state index >= 15 is 0 Å². The lowest BCUT2D eigenvalue weighted by atomic mass is 9.95. The Morgan fingerprint density at radius 1 is 0.872 bits per heavy atom. The maximum absolute atomic E-state index is 13.7. The Labute approximate surface area is 274 Å². The number of likely N-dealkylation sites (tertiary alicyclic amines) is 1. The molecule has 1 aliphatic heterocycles. The molecule has 11 nitrogen and oxygen atoms in total. The van der Waals surface area contributed by atoms with Crippen molar-refractivity contribution >= 4 is 40.8 Å². The minimum absolute atomic E-state index is 0.117. The number of rotatable bonds is 14. The highest BCUT2D eigenvalue weighted by atomic mass is 16.5. The van der Waals surface area contributed by atoms with Crippen LogP contribution in [-0.4, -0.2) is 66.3 Å². The Balaban J connectivity index is 1.55. The van der Waals surface area contributed by atoms with E-state index in [-0.39, 0.29) is 24.5 Å². The number of imide groups is 1. The van der Waals surface area contributed by atoms with Crippen molar-refractivity contribution < 1.29 is 38.2 Å². The number of carbonyl (C=O) groups excluding carboxylic acids is 5. The molecule has 1 saturated heterocycles. The Kier molecular flexibility index (Phi) is 11.5. The van der Waals surface area contributed by atoms with Gasteiger partial charge in [0.2, 0.25) is 5.91 Å². The lowest BCUT2D eigenvalue weighted by Gasteiger charge is -2.24. The van der Waals surface area contributed by atoms with Gasteiger partial charge in [0.05, 0.1) is 18.7 Å². The van der Waals surface area contributed by atoms with Crippen molar-refractivity contribution in [2.24, 2.45) is 5.92 Å². The van der Waals surface area contributed by atoms with Gasteiger partial charge in [-0.15, -0.1) is 0 Å². The molecule has 0 aliphatic carbocycles. The van der Waals surface area contributed by atoms with Crippen molar-refractivity contribution in [3.05, 3.63) is 83.4 Å². The molecular formula is C36H41N3O8. The molecule has 1 heterocycles. The number of anilines is 2. The molecule has 0 saturated carbocycles. The third kappa shape index (κ3) is 8.04. The molecule has 1 aliphatic rings. The number of Topliss-reactive ketones (excluding diaryl/α,β-unsaturated/α-hetero) is 1. The maximum atomic E-state index is 13.7. The largest absolute Gasteiger partial charge is 0.495 e. The molecule has 4 atom stereocenters. The Hall–Kier alpha value is -5.03. The zero-order valence-corrected chi connectivity index (χ0v) is 27.5. The van der Waals surface area contributed by atoms with Gasteiger partial charge >= 0.3 is 0 Å². The highest BCUT2D eigenvalue weighted by Gasteiger charge is 2.53. The normalized spacial score (nSPS) is 17.2. The standard InChI is InChI=1S/C36H41N3O8/c1-7-28(47-29-16-14-21(3)18-22(29)4)33(41)37-25-15-17-30(45-6)27(20-25)38-34(42)31(23(5)40)39-35(43)26(32(36(39)44)46-8-2)19-24-12-10-9-11-13-24/h9-18,20,26,28,31-32H,7-8,19H2,1-6H3,(H,37,41)(H,38,42). The quantitative estimate of drug-likeness (QED) is 0.191. The van der Waals surface area contributed by atoms with E-state index < -0.39 is 53.6 Å². The third-order valence-corrected chi connectivity index (χ3v) is 7.92. The summed E-state index contributed by atoms with van der Waals surface area (Å²) < 4.78 is 17.1. The minimum Gasteiger partial charge on any atom is -0.495 e. The fraction of sp³-hybridized carbons (Fsp3) is 0.361. The Morgan fingerprint density at radius 2 is 1.57 bits per heavy atom. The van der Waals surface area contributed by atoms with Crippen LogP contribution in [0.2, 0.25) is 0 Å². The first-order chi connectivity index (χ1) is 22.5. The van der Waals surface area contributed by atoms with Gasteiger partial charge in [0.1, 0.15) is 17.6 Å². The molecule has 3 aromatic rings.